The van der Waals surface area contributed by atoms with E-state index in [1.165, 1.54) is 0 Å². The van der Waals surface area contributed by atoms with Gasteiger partial charge in [-0.15, -0.1) is 0 Å². The van der Waals surface area contributed by atoms with Gasteiger partial charge in [0.2, 0.25) is 0 Å². The fraction of sp³-hybridized carbons (Fsp3) is 0.636. The van der Waals surface area contributed by atoms with Crippen molar-refractivity contribution in [3.8, 4) is 0 Å². The average Bonchev–Trinajstić information content (AvgIpc) is 2.69. The van der Waals surface area contributed by atoms with E-state index in [0.717, 1.165) is 24.2 Å². The maximum atomic E-state index is 10.8. The van der Waals surface area contributed by atoms with Crippen LogP contribution in [-0.4, -0.2) is 26.9 Å². The van der Waals surface area contributed by atoms with Crippen molar-refractivity contribution in [2.45, 2.75) is 45.7 Å². The van der Waals surface area contributed by atoms with Crippen molar-refractivity contribution in [3.63, 3.8) is 0 Å². The summed E-state index contributed by atoms with van der Waals surface area (Å²) in [5.41, 5.74) is 7.61. The van der Waals surface area contributed by atoms with Crippen LogP contribution in [0, 0.1) is 0 Å². The van der Waals surface area contributed by atoms with Crippen LogP contribution in [0.3, 0.4) is 0 Å². The molecule has 0 radical (unpaired) electrons. The summed E-state index contributed by atoms with van der Waals surface area (Å²) in [5.74, 6) is -0.997. The fourth-order valence-electron chi connectivity index (χ4n) is 1.64. The second-order valence-corrected chi connectivity index (χ2v) is 3.88. The van der Waals surface area contributed by atoms with Crippen LogP contribution in [0.5, 0.6) is 0 Å². The number of nitrogens with zero attached hydrogens (tertiary/aromatic N) is 2. The van der Waals surface area contributed by atoms with E-state index in [4.69, 9.17) is 10.8 Å². The van der Waals surface area contributed by atoms with E-state index < -0.39 is 12.0 Å². The monoisotopic (exact) mass is 225 g/mol. The first-order valence-electron chi connectivity index (χ1n) is 5.56. The molecule has 0 aliphatic heterocycles. The molecule has 0 spiro atoms. The quantitative estimate of drug-likeness (QED) is 0.782. The minimum atomic E-state index is -0.997. The Balaban J connectivity index is 3.01. The Labute approximate surface area is 95.3 Å². The number of rotatable bonds is 5. The van der Waals surface area contributed by atoms with Crippen LogP contribution in [-0.2, 0) is 17.6 Å². The summed E-state index contributed by atoms with van der Waals surface area (Å²) >= 11 is 0. The lowest BCUT2D eigenvalue weighted by molar-refractivity contribution is -0.139. The van der Waals surface area contributed by atoms with Crippen molar-refractivity contribution in [1.29, 1.82) is 0 Å². The van der Waals surface area contributed by atoms with Crippen molar-refractivity contribution >= 4 is 5.97 Å². The molecular weight excluding hydrogens is 206 g/mol. The van der Waals surface area contributed by atoms with Crippen molar-refractivity contribution in [2.24, 2.45) is 5.73 Å². The lowest BCUT2D eigenvalue weighted by Crippen LogP contribution is -2.38. The molecule has 0 amide bonds. The highest BCUT2D eigenvalue weighted by molar-refractivity contribution is 5.73. The van der Waals surface area contributed by atoms with Crippen molar-refractivity contribution in [2.75, 3.05) is 0 Å². The average molecular weight is 225 g/mol. The van der Waals surface area contributed by atoms with E-state index in [0.29, 0.717) is 0 Å². The Morgan fingerprint density at radius 1 is 1.56 bits per heavy atom. The number of carboxylic acids is 1. The van der Waals surface area contributed by atoms with Gasteiger partial charge >= 0.3 is 5.97 Å². The molecule has 0 aliphatic carbocycles. The normalized spacial score (nSPS) is 14.8. The van der Waals surface area contributed by atoms with Crippen molar-refractivity contribution in [1.82, 2.24) is 9.78 Å². The molecule has 3 N–H and O–H groups in total. The van der Waals surface area contributed by atoms with E-state index in [1.807, 2.05) is 19.9 Å². The Hall–Kier alpha value is -1.36. The van der Waals surface area contributed by atoms with Gasteiger partial charge in [0.25, 0.3) is 0 Å². The Bertz CT molecular complexity index is 373. The summed E-state index contributed by atoms with van der Waals surface area (Å²) in [4.78, 5) is 10.8. The molecule has 0 saturated carbocycles. The first-order chi connectivity index (χ1) is 7.51. The van der Waals surface area contributed by atoms with Gasteiger partial charge in [0.05, 0.1) is 11.7 Å². The van der Waals surface area contributed by atoms with Gasteiger partial charge in [-0.3, -0.25) is 9.48 Å². The van der Waals surface area contributed by atoms with E-state index in [-0.39, 0.29) is 6.04 Å². The molecule has 1 rings (SSSR count). The molecule has 1 aromatic heterocycles. The molecule has 16 heavy (non-hydrogen) atoms. The first-order valence-corrected chi connectivity index (χ1v) is 5.56. The zero-order valence-corrected chi connectivity index (χ0v) is 9.97. The molecular formula is C11H19N3O2. The SMILES string of the molecule is CCc1cc(CC)n(C(C)C(N)C(=O)O)n1. The number of hydrogen-bond acceptors (Lipinski definition) is 3. The minimum absolute atomic E-state index is 0.326. The predicted molar refractivity (Wildman–Crippen MR) is 61.3 cm³/mol. The second-order valence-electron chi connectivity index (χ2n) is 3.88. The molecule has 0 saturated heterocycles. The zero-order chi connectivity index (χ0) is 12.3. The molecule has 2 atom stereocenters. The molecule has 1 heterocycles. The zero-order valence-electron chi connectivity index (χ0n) is 9.97. The summed E-state index contributed by atoms with van der Waals surface area (Å²) in [6, 6.07) is 0.757. The number of hydrogen-bond donors (Lipinski definition) is 2. The van der Waals surface area contributed by atoms with Crippen LogP contribution in [0.1, 0.15) is 38.2 Å². The van der Waals surface area contributed by atoms with Crippen LogP contribution in [0.15, 0.2) is 6.07 Å². The molecule has 5 heteroatoms. The Morgan fingerprint density at radius 3 is 2.62 bits per heavy atom. The highest BCUT2D eigenvalue weighted by Crippen LogP contribution is 2.15. The molecule has 0 fully saturated rings. The van der Waals surface area contributed by atoms with Gasteiger partial charge in [-0.25, -0.2) is 0 Å². The predicted octanol–water partition coefficient (Wildman–Crippen LogP) is 0.981. The fourth-order valence-corrected chi connectivity index (χ4v) is 1.64. The maximum absolute atomic E-state index is 10.8. The van der Waals surface area contributed by atoms with Gasteiger partial charge in [-0.2, -0.15) is 5.10 Å². The van der Waals surface area contributed by atoms with Crippen LogP contribution >= 0.6 is 0 Å². The number of aliphatic carboxylic acids is 1. The van der Waals surface area contributed by atoms with Crippen LogP contribution in [0.4, 0.5) is 0 Å². The van der Waals surface area contributed by atoms with E-state index >= 15 is 0 Å². The lowest BCUT2D eigenvalue weighted by atomic mass is 10.1. The number of aryl methyl sites for hydroxylation is 2. The van der Waals surface area contributed by atoms with E-state index in [1.54, 1.807) is 11.6 Å². The number of nitrogens with two attached hydrogens (primary N) is 1. The van der Waals surface area contributed by atoms with Gasteiger partial charge in [0.15, 0.2) is 0 Å². The summed E-state index contributed by atoms with van der Waals surface area (Å²) in [5, 5.41) is 13.3. The first kappa shape index (κ1) is 12.7. The molecule has 2 unspecified atom stereocenters. The van der Waals surface area contributed by atoms with Crippen LogP contribution in [0.25, 0.3) is 0 Å². The minimum Gasteiger partial charge on any atom is -0.480 e. The van der Waals surface area contributed by atoms with E-state index in [9.17, 15) is 4.79 Å². The highest BCUT2D eigenvalue weighted by atomic mass is 16.4. The van der Waals surface area contributed by atoms with Crippen molar-refractivity contribution < 1.29 is 9.90 Å². The smallest absolute Gasteiger partial charge is 0.322 e. The third-order valence-electron chi connectivity index (χ3n) is 2.78. The lowest BCUT2D eigenvalue weighted by Gasteiger charge is -2.18. The topological polar surface area (TPSA) is 81.1 Å². The molecule has 5 nitrogen and oxygen atoms in total. The van der Waals surface area contributed by atoms with Gasteiger partial charge in [0, 0.05) is 5.69 Å². The Morgan fingerprint density at radius 2 is 2.19 bits per heavy atom. The van der Waals surface area contributed by atoms with Crippen molar-refractivity contribution in [3.05, 3.63) is 17.5 Å². The number of carboxylic acid groups (broad SMARTS) is 1. The molecule has 0 aliphatic rings. The number of carbonyl (C=O) groups is 1. The largest absolute Gasteiger partial charge is 0.480 e. The summed E-state index contributed by atoms with van der Waals surface area (Å²) in [6.45, 7) is 5.82. The summed E-state index contributed by atoms with van der Waals surface area (Å²) < 4.78 is 1.73. The summed E-state index contributed by atoms with van der Waals surface area (Å²) in [7, 11) is 0. The van der Waals surface area contributed by atoms with Crippen LogP contribution < -0.4 is 5.73 Å². The second kappa shape index (κ2) is 5.12. The van der Waals surface area contributed by atoms with Gasteiger partial charge in [0.1, 0.15) is 6.04 Å². The third-order valence-corrected chi connectivity index (χ3v) is 2.78. The van der Waals surface area contributed by atoms with Gasteiger partial charge < -0.3 is 10.8 Å². The van der Waals surface area contributed by atoms with Gasteiger partial charge in [-0.1, -0.05) is 13.8 Å². The molecule has 0 bridgehead atoms. The molecule has 90 valence electrons. The standard InChI is InChI=1S/C11H19N3O2/c1-4-8-6-9(5-2)14(13-8)7(3)10(12)11(15)16/h6-7,10H,4-5,12H2,1-3H3,(H,15,16). The third kappa shape index (κ3) is 2.41. The number of aromatic nitrogens is 2. The summed E-state index contributed by atoms with van der Waals surface area (Å²) in [6.07, 6.45) is 1.67. The van der Waals surface area contributed by atoms with Crippen LogP contribution in [0.2, 0.25) is 0 Å². The van der Waals surface area contributed by atoms with E-state index in [2.05, 4.69) is 5.10 Å². The molecule has 1 aromatic rings. The van der Waals surface area contributed by atoms with Gasteiger partial charge in [-0.05, 0) is 25.8 Å². The Kier molecular flexibility index (Phi) is 4.06. The molecule has 0 aromatic carbocycles. The highest BCUT2D eigenvalue weighted by Gasteiger charge is 2.23. The maximum Gasteiger partial charge on any atom is 0.322 e.